The standard InChI is InChI=1S/C29H25N3O6S/c1-35-23-11-9-22(10-12-23)32-28(34)24(31(29(32)39)17-27(33)37-3)14-19-8-13-25(26(15-19)36-2)38-18-21-7-5-4-6-20(21)16-30/h4-15H,17-18H2,1-3H3/b24-14-. The zero-order chi connectivity index (χ0) is 27.9. The second-order valence-electron chi connectivity index (χ2n) is 8.28. The van der Waals surface area contributed by atoms with Gasteiger partial charge in [0.05, 0.1) is 38.6 Å². The van der Waals surface area contributed by atoms with E-state index in [2.05, 4.69) is 6.07 Å². The van der Waals surface area contributed by atoms with E-state index in [9.17, 15) is 14.9 Å². The van der Waals surface area contributed by atoms with E-state index < -0.39 is 11.9 Å². The number of thiocarbonyl (C=S) groups is 1. The van der Waals surface area contributed by atoms with Crippen molar-refractivity contribution in [3.63, 3.8) is 0 Å². The smallest absolute Gasteiger partial charge is 0.325 e. The van der Waals surface area contributed by atoms with Gasteiger partial charge in [-0.2, -0.15) is 5.26 Å². The first-order valence-electron chi connectivity index (χ1n) is 11.8. The Labute approximate surface area is 231 Å². The molecule has 0 spiro atoms. The molecule has 3 aromatic carbocycles. The molecular weight excluding hydrogens is 518 g/mol. The highest BCUT2D eigenvalue weighted by atomic mass is 32.1. The third kappa shape index (κ3) is 5.84. The highest BCUT2D eigenvalue weighted by Gasteiger charge is 2.40. The van der Waals surface area contributed by atoms with Gasteiger partial charge in [0.15, 0.2) is 16.6 Å². The van der Waals surface area contributed by atoms with Crippen LogP contribution >= 0.6 is 12.2 Å². The van der Waals surface area contributed by atoms with E-state index in [1.165, 1.54) is 24.0 Å². The Morgan fingerprint density at radius 2 is 1.74 bits per heavy atom. The maximum absolute atomic E-state index is 13.6. The van der Waals surface area contributed by atoms with E-state index in [1.54, 1.807) is 67.8 Å². The Morgan fingerprint density at radius 3 is 2.41 bits per heavy atom. The summed E-state index contributed by atoms with van der Waals surface area (Å²) < 4.78 is 21.5. The number of methoxy groups -OCH3 is 3. The molecule has 0 saturated carbocycles. The molecule has 1 amide bonds. The van der Waals surface area contributed by atoms with E-state index in [0.29, 0.717) is 34.1 Å². The van der Waals surface area contributed by atoms with Gasteiger partial charge in [-0.15, -0.1) is 0 Å². The zero-order valence-corrected chi connectivity index (χ0v) is 22.4. The van der Waals surface area contributed by atoms with E-state index >= 15 is 0 Å². The van der Waals surface area contributed by atoms with Gasteiger partial charge in [-0.25, -0.2) is 0 Å². The van der Waals surface area contributed by atoms with Crippen molar-refractivity contribution in [3.8, 4) is 23.3 Å². The molecule has 3 aromatic rings. The molecule has 0 bridgehead atoms. The van der Waals surface area contributed by atoms with Gasteiger partial charge in [-0.05, 0) is 66.3 Å². The third-order valence-corrected chi connectivity index (χ3v) is 6.40. The molecule has 10 heteroatoms. The van der Waals surface area contributed by atoms with Gasteiger partial charge in [-0.3, -0.25) is 14.5 Å². The summed E-state index contributed by atoms with van der Waals surface area (Å²) in [6, 6.07) is 21.4. The molecule has 0 aliphatic carbocycles. The first-order chi connectivity index (χ1) is 18.9. The van der Waals surface area contributed by atoms with Gasteiger partial charge in [-0.1, -0.05) is 24.3 Å². The number of esters is 1. The number of amides is 1. The van der Waals surface area contributed by atoms with Gasteiger partial charge in [0, 0.05) is 5.56 Å². The SMILES string of the molecule is COC(=O)CN1C(=S)N(c2ccc(OC)cc2)C(=O)/C1=C/c1ccc(OCc2ccccc2C#N)c(OC)c1. The fourth-order valence-electron chi connectivity index (χ4n) is 3.95. The van der Waals surface area contributed by atoms with E-state index in [0.717, 1.165) is 5.56 Å². The third-order valence-electron chi connectivity index (χ3n) is 5.99. The summed E-state index contributed by atoms with van der Waals surface area (Å²) in [5, 5.41) is 9.46. The summed E-state index contributed by atoms with van der Waals surface area (Å²) in [5.41, 5.74) is 2.62. The summed E-state index contributed by atoms with van der Waals surface area (Å²) in [7, 11) is 4.33. The van der Waals surface area contributed by atoms with Crippen molar-refractivity contribution in [2.75, 3.05) is 32.8 Å². The maximum Gasteiger partial charge on any atom is 0.325 e. The summed E-state index contributed by atoms with van der Waals surface area (Å²) in [4.78, 5) is 28.5. The van der Waals surface area contributed by atoms with E-state index in [4.69, 9.17) is 31.2 Å². The topological polar surface area (TPSA) is 101 Å². The molecule has 0 aromatic heterocycles. The van der Waals surface area contributed by atoms with Crippen molar-refractivity contribution in [1.82, 2.24) is 4.90 Å². The van der Waals surface area contributed by atoms with Crippen molar-refractivity contribution in [2.24, 2.45) is 0 Å². The quantitative estimate of drug-likeness (QED) is 0.222. The molecule has 1 heterocycles. The minimum Gasteiger partial charge on any atom is -0.497 e. The molecule has 1 aliphatic heterocycles. The summed E-state index contributed by atoms with van der Waals surface area (Å²) in [6.45, 7) is -0.0623. The van der Waals surface area contributed by atoms with Crippen LogP contribution in [0, 0.1) is 11.3 Å². The van der Waals surface area contributed by atoms with Crippen LogP contribution in [-0.2, 0) is 20.9 Å². The average Bonchev–Trinajstić information content (AvgIpc) is 3.20. The van der Waals surface area contributed by atoms with Crippen molar-refractivity contribution < 1.29 is 28.5 Å². The summed E-state index contributed by atoms with van der Waals surface area (Å²) in [5.74, 6) is 0.572. The number of hydrogen-bond acceptors (Lipinski definition) is 8. The summed E-state index contributed by atoms with van der Waals surface area (Å²) in [6.07, 6.45) is 1.62. The van der Waals surface area contributed by atoms with Crippen LogP contribution in [0.4, 0.5) is 5.69 Å². The van der Waals surface area contributed by atoms with Crippen LogP contribution < -0.4 is 19.1 Å². The predicted octanol–water partition coefficient (Wildman–Crippen LogP) is 4.30. The van der Waals surface area contributed by atoms with Gasteiger partial charge in [0.1, 0.15) is 24.6 Å². The maximum atomic E-state index is 13.6. The number of benzene rings is 3. The molecule has 0 radical (unpaired) electrons. The van der Waals surface area contributed by atoms with Crippen LogP contribution in [0.15, 0.2) is 72.4 Å². The average molecular weight is 544 g/mol. The number of ether oxygens (including phenoxy) is 4. The largest absolute Gasteiger partial charge is 0.497 e. The number of carbonyl (C=O) groups is 2. The Morgan fingerprint density at radius 1 is 1.00 bits per heavy atom. The van der Waals surface area contributed by atoms with Crippen molar-refractivity contribution in [3.05, 3.63) is 89.1 Å². The number of hydrogen-bond donors (Lipinski definition) is 0. The molecule has 198 valence electrons. The van der Waals surface area contributed by atoms with E-state index in [1.807, 2.05) is 12.1 Å². The Kier molecular flexibility index (Phi) is 8.43. The molecule has 1 saturated heterocycles. The lowest BCUT2D eigenvalue weighted by molar-refractivity contribution is -0.140. The normalized spacial score (nSPS) is 13.8. The number of nitrogens with zero attached hydrogens (tertiary/aromatic N) is 3. The van der Waals surface area contributed by atoms with Crippen molar-refractivity contribution >= 4 is 41.0 Å². The van der Waals surface area contributed by atoms with Gasteiger partial charge < -0.3 is 23.8 Å². The lowest BCUT2D eigenvalue weighted by Crippen LogP contribution is -2.35. The Balaban J connectivity index is 1.65. The van der Waals surface area contributed by atoms with Crippen LogP contribution in [0.3, 0.4) is 0 Å². The Hall–Kier alpha value is -4.88. The number of nitriles is 1. The Bertz CT molecular complexity index is 1480. The van der Waals surface area contributed by atoms with Crippen LogP contribution in [0.2, 0.25) is 0 Å². The number of carbonyl (C=O) groups excluding carboxylic acids is 2. The van der Waals surface area contributed by atoms with Crippen LogP contribution in [0.1, 0.15) is 16.7 Å². The first kappa shape index (κ1) is 27.2. The van der Waals surface area contributed by atoms with Crippen molar-refractivity contribution in [1.29, 1.82) is 5.26 Å². The van der Waals surface area contributed by atoms with Crippen LogP contribution in [0.5, 0.6) is 17.2 Å². The fourth-order valence-corrected chi connectivity index (χ4v) is 4.30. The number of anilines is 1. The van der Waals surface area contributed by atoms with E-state index in [-0.39, 0.29) is 24.0 Å². The minimum absolute atomic E-state index is 0.143. The zero-order valence-electron chi connectivity index (χ0n) is 21.5. The highest BCUT2D eigenvalue weighted by Crippen LogP contribution is 2.33. The lowest BCUT2D eigenvalue weighted by atomic mass is 10.1. The molecule has 4 rings (SSSR count). The highest BCUT2D eigenvalue weighted by molar-refractivity contribution is 7.80. The second kappa shape index (κ2) is 12.1. The molecule has 0 unspecified atom stereocenters. The first-order valence-corrected chi connectivity index (χ1v) is 12.2. The molecule has 1 aliphatic rings. The monoisotopic (exact) mass is 543 g/mol. The predicted molar refractivity (Wildman–Crippen MR) is 148 cm³/mol. The molecule has 0 N–H and O–H groups in total. The summed E-state index contributed by atoms with van der Waals surface area (Å²) >= 11 is 5.60. The lowest BCUT2D eigenvalue weighted by Gasteiger charge is -2.19. The molecule has 1 fully saturated rings. The van der Waals surface area contributed by atoms with Crippen LogP contribution in [0.25, 0.3) is 6.08 Å². The van der Waals surface area contributed by atoms with Crippen LogP contribution in [-0.4, -0.2) is 49.8 Å². The van der Waals surface area contributed by atoms with Gasteiger partial charge >= 0.3 is 5.97 Å². The fraction of sp³-hybridized carbons (Fsp3) is 0.172. The molecular formula is C29H25N3O6S. The van der Waals surface area contributed by atoms with Gasteiger partial charge in [0.25, 0.3) is 5.91 Å². The molecule has 39 heavy (non-hydrogen) atoms. The minimum atomic E-state index is -0.549. The van der Waals surface area contributed by atoms with Crippen molar-refractivity contribution in [2.45, 2.75) is 6.61 Å². The molecule has 9 nitrogen and oxygen atoms in total. The second-order valence-corrected chi connectivity index (χ2v) is 8.65. The molecule has 0 atom stereocenters. The van der Waals surface area contributed by atoms with Gasteiger partial charge in [0.2, 0.25) is 0 Å². The number of rotatable bonds is 9.